The van der Waals surface area contributed by atoms with E-state index in [0.29, 0.717) is 18.2 Å². The second kappa shape index (κ2) is 11.8. The van der Waals surface area contributed by atoms with Crippen LogP contribution < -0.4 is 5.32 Å². The van der Waals surface area contributed by atoms with Gasteiger partial charge in [-0.25, -0.2) is 13.4 Å². The molecule has 7 nitrogen and oxygen atoms in total. The molecular formula is C26H38N4O3S2. The van der Waals surface area contributed by atoms with Crippen LogP contribution in [0.15, 0.2) is 35.6 Å². The predicted octanol–water partition coefficient (Wildman–Crippen LogP) is 4.55. The summed E-state index contributed by atoms with van der Waals surface area (Å²) >= 11 is 5.70. The molecule has 2 aliphatic rings. The maximum absolute atomic E-state index is 13.6. The molecule has 1 aliphatic carbocycles. The Morgan fingerprint density at radius 2 is 2.03 bits per heavy atom. The minimum absolute atomic E-state index is 0.0483. The van der Waals surface area contributed by atoms with Crippen LogP contribution in [0.2, 0.25) is 0 Å². The van der Waals surface area contributed by atoms with Crippen LogP contribution in [-0.2, 0) is 26.9 Å². The standard InChI is InChI=1S/C26H38N4O3S2/c1-3-27-25(34)29(18-24-13-8-14-33-24)17-23-16-28-26(30(23)22-11-5-4-6-12-22)35(31,32)19-21-10-7-9-20(2)15-21/h7,9-10,15-16,22,24H,3-6,8,11-14,17-19H2,1-2H3,(H,27,34). The summed E-state index contributed by atoms with van der Waals surface area (Å²) in [5, 5.41) is 4.13. The van der Waals surface area contributed by atoms with Crippen molar-refractivity contribution < 1.29 is 13.2 Å². The smallest absolute Gasteiger partial charge is 0.228 e. The van der Waals surface area contributed by atoms with E-state index in [1.54, 1.807) is 6.20 Å². The third-order valence-corrected chi connectivity index (χ3v) is 8.89. The quantitative estimate of drug-likeness (QED) is 0.488. The molecule has 1 atom stereocenters. The SMILES string of the molecule is CCNC(=S)N(Cc1cnc(S(=O)(=O)Cc2cccc(C)c2)n1C1CCCCC1)CC1CCCO1. The minimum atomic E-state index is -3.62. The molecule has 35 heavy (non-hydrogen) atoms. The Morgan fingerprint density at radius 1 is 1.23 bits per heavy atom. The number of aryl methyl sites for hydroxylation is 1. The highest BCUT2D eigenvalue weighted by atomic mass is 32.2. The average Bonchev–Trinajstić information content (AvgIpc) is 3.49. The van der Waals surface area contributed by atoms with E-state index in [4.69, 9.17) is 17.0 Å². The van der Waals surface area contributed by atoms with Gasteiger partial charge in [0.25, 0.3) is 0 Å². The third-order valence-electron chi connectivity index (χ3n) is 6.91. The second-order valence-corrected chi connectivity index (χ2v) is 12.1. The topological polar surface area (TPSA) is 76.5 Å². The maximum atomic E-state index is 13.6. The van der Waals surface area contributed by atoms with Gasteiger partial charge in [0.1, 0.15) is 0 Å². The predicted molar refractivity (Wildman–Crippen MR) is 142 cm³/mol. The van der Waals surface area contributed by atoms with Gasteiger partial charge in [-0.3, -0.25) is 0 Å². The van der Waals surface area contributed by atoms with Crippen molar-refractivity contribution in [1.29, 1.82) is 0 Å². The number of nitrogens with zero attached hydrogens (tertiary/aromatic N) is 3. The molecule has 0 bridgehead atoms. The van der Waals surface area contributed by atoms with Crippen molar-refractivity contribution in [3.8, 4) is 0 Å². The van der Waals surface area contributed by atoms with Crippen molar-refractivity contribution in [2.24, 2.45) is 0 Å². The Hall–Kier alpha value is -1.97. The van der Waals surface area contributed by atoms with E-state index in [1.165, 1.54) is 6.42 Å². The average molecular weight is 519 g/mol. The number of hydrogen-bond acceptors (Lipinski definition) is 5. The van der Waals surface area contributed by atoms with Gasteiger partial charge in [-0.2, -0.15) is 0 Å². The van der Waals surface area contributed by atoms with E-state index < -0.39 is 9.84 Å². The molecule has 1 N–H and O–H groups in total. The monoisotopic (exact) mass is 518 g/mol. The highest BCUT2D eigenvalue weighted by molar-refractivity contribution is 7.90. The zero-order chi connectivity index (χ0) is 24.8. The number of nitrogens with one attached hydrogen (secondary N) is 1. The molecule has 1 aliphatic heterocycles. The van der Waals surface area contributed by atoms with Gasteiger partial charge in [0, 0.05) is 25.7 Å². The second-order valence-electron chi connectivity index (χ2n) is 9.79. The van der Waals surface area contributed by atoms with E-state index in [2.05, 4.69) is 15.2 Å². The van der Waals surface area contributed by atoms with Gasteiger partial charge in [0.15, 0.2) is 5.11 Å². The number of hydrogen-bond donors (Lipinski definition) is 1. The van der Waals surface area contributed by atoms with Crippen LogP contribution in [0, 0.1) is 6.92 Å². The molecule has 0 amide bonds. The van der Waals surface area contributed by atoms with Gasteiger partial charge in [0.2, 0.25) is 15.0 Å². The fraction of sp³-hybridized carbons (Fsp3) is 0.615. The van der Waals surface area contributed by atoms with E-state index in [-0.39, 0.29) is 23.1 Å². The van der Waals surface area contributed by atoms with Crippen LogP contribution >= 0.6 is 12.2 Å². The summed E-state index contributed by atoms with van der Waals surface area (Å²) in [6.07, 6.45) is 9.32. The van der Waals surface area contributed by atoms with Gasteiger partial charge in [0.05, 0.1) is 30.3 Å². The van der Waals surface area contributed by atoms with Gasteiger partial charge in [-0.15, -0.1) is 0 Å². The number of imidazole rings is 1. The summed E-state index contributed by atoms with van der Waals surface area (Å²) in [5.41, 5.74) is 2.74. The molecule has 1 unspecified atom stereocenters. The van der Waals surface area contributed by atoms with Crippen LogP contribution in [0.3, 0.4) is 0 Å². The van der Waals surface area contributed by atoms with Crippen LogP contribution in [0.1, 0.15) is 74.7 Å². The summed E-state index contributed by atoms with van der Waals surface area (Å²) in [5.74, 6) is -0.0483. The third kappa shape index (κ3) is 6.62. The first kappa shape index (κ1) is 26.1. The van der Waals surface area contributed by atoms with Crippen molar-refractivity contribution in [2.75, 3.05) is 19.7 Å². The highest BCUT2D eigenvalue weighted by Crippen LogP contribution is 2.33. The Kier molecular flexibility index (Phi) is 8.83. The first-order valence-corrected chi connectivity index (χ1v) is 14.9. The zero-order valence-electron chi connectivity index (χ0n) is 20.9. The van der Waals surface area contributed by atoms with Gasteiger partial charge in [-0.1, -0.05) is 49.1 Å². The van der Waals surface area contributed by atoms with Crippen molar-refractivity contribution in [3.63, 3.8) is 0 Å². The van der Waals surface area contributed by atoms with Crippen molar-refractivity contribution in [1.82, 2.24) is 19.8 Å². The van der Waals surface area contributed by atoms with E-state index in [9.17, 15) is 8.42 Å². The van der Waals surface area contributed by atoms with Crippen LogP contribution in [0.25, 0.3) is 0 Å². The van der Waals surface area contributed by atoms with Gasteiger partial charge < -0.3 is 19.5 Å². The van der Waals surface area contributed by atoms with Crippen molar-refractivity contribution in [3.05, 3.63) is 47.3 Å². The lowest BCUT2D eigenvalue weighted by Gasteiger charge is -2.31. The minimum Gasteiger partial charge on any atom is -0.376 e. The molecule has 2 aromatic rings. The van der Waals surface area contributed by atoms with Gasteiger partial charge in [-0.05, 0) is 57.3 Å². The first-order valence-electron chi connectivity index (χ1n) is 12.9. The van der Waals surface area contributed by atoms with E-state index in [0.717, 1.165) is 68.5 Å². The maximum Gasteiger partial charge on any atom is 0.228 e. The normalized spacial score (nSPS) is 19.1. The number of thiocarbonyl (C=S) groups is 1. The number of aromatic nitrogens is 2. The molecule has 0 radical (unpaired) electrons. The van der Waals surface area contributed by atoms with Gasteiger partial charge >= 0.3 is 0 Å². The lowest BCUT2D eigenvalue weighted by atomic mass is 9.95. The molecule has 192 valence electrons. The summed E-state index contributed by atoms with van der Waals surface area (Å²) in [6, 6.07) is 7.83. The molecule has 2 fully saturated rings. The number of benzene rings is 1. The number of sulfone groups is 1. The molecule has 1 saturated carbocycles. The van der Waals surface area contributed by atoms with Crippen molar-refractivity contribution >= 4 is 27.2 Å². The Bertz CT molecular complexity index is 1100. The molecule has 0 spiro atoms. The van der Waals surface area contributed by atoms with E-state index >= 15 is 0 Å². The van der Waals surface area contributed by atoms with E-state index in [1.807, 2.05) is 42.7 Å². The molecule has 2 heterocycles. The highest BCUT2D eigenvalue weighted by Gasteiger charge is 2.30. The summed E-state index contributed by atoms with van der Waals surface area (Å²) in [4.78, 5) is 6.64. The lowest BCUT2D eigenvalue weighted by molar-refractivity contribution is 0.0891. The van der Waals surface area contributed by atoms with Crippen molar-refractivity contribution in [2.45, 2.75) is 88.4 Å². The summed E-state index contributed by atoms with van der Waals surface area (Å²) < 4.78 is 35.2. The molecule has 1 aromatic heterocycles. The van der Waals surface area contributed by atoms with Crippen LogP contribution in [0.5, 0.6) is 0 Å². The molecular weight excluding hydrogens is 480 g/mol. The molecule has 4 rings (SSSR count). The largest absolute Gasteiger partial charge is 0.376 e. The molecule has 1 aromatic carbocycles. The Labute approximate surface area is 215 Å². The zero-order valence-corrected chi connectivity index (χ0v) is 22.5. The summed E-state index contributed by atoms with van der Waals surface area (Å²) in [7, 11) is -3.62. The number of ether oxygens (including phenoxy) is 1. The Morgan fingerprint density at radius 3 is 2.71 bits per heavy atom. The first-order chi connectivity index (χ1) is 16.9. The fourth-order valence-corrected chi connectivity index (χ4v) is 7.06. The number of rotatable bonds is 9. The van der Waals surface area contributed by atoms with Crippen LogP contribution in [-0.4, -0.2) is 53.8 Å². The summed E-state index contributed by atoms with van der Waals surface area (Å²) in [6.45, 7) is 6.72. The molecule has 9 heteroatoms. The fourth-order valence-electron chi connectivity index (χ4n) is 5.25. The Balaban J connectivity index is 1.66. The molecule has 1 saturated heterocycles. The van der Waals surface area contributed by atoms with Crippen LogP contribution in [0.4, 0.5) is 0 Å². The lowest BCUT2D eigenvalue weighted by Crippen LogP contribution is -2.43.